The van der Waals surface area contributed by atoms with Gasteiger partial charge in [-0.1, -0.05) is 36.4 Å². The van der Waals surface area contributed by atoms with Crippen LogP contribution in [0.25, 0.3) is 22.6 Å². The van der Waals surface area contributed by atoms with Crippen molar-refractivity contribution in [1.29, 1.82) is 0 Å². The molecule has 0 spiro atoms. The van der Waals surface area contributed by atoms with E-state index >= 15 is 0 Å². The Morgan fingerprint density at radius 1 is 0.714 bits per heavy atom. The lowest BCUT2D eigenvalue weighted by Crippen LogP contribution is -2.29. The van der Waals surface area contributed by atoms with Crippen LogP contribution in [-0.4, -0.2) is 27.1 Å². The summed E-state index contributed by atoms with van der Waals surface area (Å²) < 4.78 is 0. The smallest absolute Gasteiger partial charge is 0.423 e. The third-order valence-electron chi connectivity index (χ3n) is 3.18. The van der Waals surface area contributed by atoms with Gasteiger partial charge in [0.2, 0.25) is 0 Å². The number of benzene rings is 1. The lowest BCUT2D eigenvalue weighted by atomic mass is 9.80. The second kappa shape index (κ2) is 5.87. The van der Waals surface area contributed by atoms with Crippen LogP contribution in [0.3, 0.4) is 0 Å². The van der Waals surface area contributed by atoms with Crippen molar-refractivity contribution in [3.8, 4) is 22.6 Å². The van der Waals surface area contributed by atoms with E-state index in [1.807, 2.05) is 48.5 Å². The first-order chi connectivity index (χ1) is 10.2. The molecule has 0 aliphatic rings. The zero-order valence-corrected chi connectivity index (χ0v) is 11.2. The predicted octanol–water partition coefficient (Wildman–Crippen LogP) is 1.49. The van der Waals surface area contributed by atoms with E-state index in [0.29, 0.717) is 5.46 Å². The molecule has 0 saturated heterocycles. The van der Waals surface area contributed by atoms with Gasteiger partial charge in [0.15, 0.2) is 0 Å². The molecule has 0 aliphatic heterocycles. The molecule has 2 N–H and O–H groups in total. The van der Waals surface area contributed by atoms with Crippen molar-refractivity contribution in [3.05, 3.63) is 66.9 Å². The summed E-state index contributed by atoms with van der Waals surface area (Å²) in [5.41, 5.74) is 3.81. The minimum Gasteiger partial charge on any atom is -0.423 e. The molecule has 3 rings (SSSR count). The van der Waals surface area contributed by atoms with Crippen LogP contribution in [0.2, 0.25) is 0 Å². The normalized spacial score (nSPS) is 10.4. The number of hydrogen-bond donors (Lipinski definition) is 2. The Morgan fingerprint density at radius 2 is 1.43 bits per heavy atom. The van der Waals surface area contributed by atoms with Crippen molar-refractivity contribution in [2.45, 2.75) is 0 Å². The minimum absolute atomic E-state index is 0.458. The van der Waals surface area contributed by atoms with Crippen LogP contribution in [-0.2, 0) is 0 Å². The summed E-state index contributed by atoms with van der Waals surface area (Å²) in [6.07, 6.45) is 1.74. The highest BCUT2D eigenvalue weighted by Gasteiger charge is 2.10. The van der Waals surface area contributed by atoms with Gasteiger partial charge in [0.25, 0.3) is 0 Å². The molecule has 0 atom stereocenters. The van der Waals surface area contributed by atoms with Gasteiger partial charge >= 0.3 is 7.12 Å². The molecule has 102 valence electrons. The van der Waals surface area contributed by atoms with Gasteiger partial charge in [-0.3, -0.25) is 4.98 Å². The maximum absolute atomic E-state index is 9.11. The quantitative estimate of drug-likeness (QED) is 0.711. The molecule has 1 aromatic carbocycles. The Labute approximate surface area is 122 Å². The van der Waals surface area contributed by atoms with Crippen LogP contribution in [0.4, 0.5) is 0 Å². The van der Waals surface area contributed by atoms with E-state index in [9.17, 15) is 0 Å². The molecule has 0 fully saturated rings. The molecule has 0 amide bonds. The highest BCUT2D eigenvalue weighted by Crippen LogP contribution is 2.20. The van der Waals surface area contributed by atoms with Gasteiger partial charge in [-0.2, -0.15) is 0 Å². The number of pyridine rings is 2. The van der Waals surface area contributed by atoms with E-state index in [-0.39, 0.29) is 0 Å². The second-order valence-corrected chi connectivity index (χ2v) is 4.62. The van der Waals surface area contributed by atoms with Crippen molar-refractivity contribution < 1.29 is 10.0 Å². The lowest BCUT2D eigenvalue weighted by molar-refractivity contribution is 0.426. The molecule has 3 aromatic rings. The van der Waals surface area contributed by atoms with Crippen molar-refractivity contribution >= 4 is 12.6 Å². The molecule has 0 radical (unpaired) electrons. The van der Waals surface area contributed by atoms with E-state index in [0.717, 1.165) is 22.6 Å². The fourth-order valence-electron chi connectivity index (χ4n) is 2.08. The highest BCUT2D eigenvalue weighted by molar-refractivity contribution is 6.58. The Bertz CT molecular complexity index is 731. The number of aromatic nitrogens is 2. The Morgan fingerprint density at radius 3 is 2.10 bits per heavy atom. The van der Waals surface area contributed by atoms with E-state index in [1.165, 1.54) is 0 Å². The van der Waals surface area contributed by atoms with Gasteiger partial charge < -0.3 is 10.0 Å². The number of nitrogens with zero attached hydrogens (tertiary/aromatic N) is 2. The first-order valence-corrected chi connectivity index (χ1v) is 6.59. The SMILES string of the molecule is OB(O)c1ccc(-c2cccc(-c3ccccn3)n2)cc1. The Hall–Kier alpha value is -2.50. The van der Waals surface area contributed by atoms with Crippen molar-refractivity contribution in [2.24, 2.45) is 0 Å². The fraction of sp³-hybridized carbons (Fsp3) is 0. The summed E-state index contributed by atoms with van der Waals surface area (Å²) in [5.74, 6) is 0. The maximum Gasteiger partial charge on any atom is 0.488 e. The summed E-state index contributed by atoms with van der Waals surface area (Å²) >= 11 is 0. The van der Waals surface area contributed by atoms with Crippen LogP contribution in [0.5, 0.6) is 0 Å². The fourth-order valence-corrected chi connectivity index (χ4v) is 2.08. The number of hydrogen-bond acceptors (Lipinski definition) is 4. The largest absolute Gasteiger partial charge is 0.488 e. The molecule has 2 heterocycles. The summed E-state index contributed by atoms with van der Waals surface area (Å²) in [7, 11) is -1.45. The van der Waals surface area contributed by atoms with E-state index in [2.05, 4.69) is 9.97 Å². The van der Waals surface area contributed by atoms with Crippen LogP contribution >= 0.6 is 0 Å². The van der Waals surface area contributed by atoms with Gasteiger partial charge in [0, 0.05) is 11.8 Å². The summed E-state index contributed by atoms with van der Waals surface area (Å²) in [5, 5.41) is 18.2. The number of rotatable bonds is 3. The van der Waals surface area contributed by atoms with Gasteiger partial charge in [0.1, 0.15) is 0 Å². The molecule has 0 bridgehead atoms. The molecular weight excluding hydrogens is 263 g/mol. The zero-order chi connectivity index (χ0) is 14.7. The summed E-state index contributed by atoms with van der Waals surface area (Å²) in [4.78, 5) is 8.89. The molecule has 0 saturated carbocycles. The van der Waals surface area contributed by atoms with Gasteiger partial charge in [-0.25, -0.2) is 4.98 Å². The topological polar surface area (TPSA) is 66.2 Å². The van der Waals surface area contributed by atoms with Crippen molar-refractivity contribution in [2.75, 3.05) is 0 Å². The molecular formula is C16H13BN2O2. The summed E-state index contributed by atoms with van der Waals surface area (Å²) in [6.45, 7) is 0. The molecule has 0 aliphatic carbocycles. The third kappa shape index (κ3) is 2.99. The highest BCUT2D eigenvalue weighted by atomic mass is 16.4. The molecule has 5 heteroatoms. The van der Waals surface area contributed by atoms with E-state index in [4.69, 9.17) is 10.0 Å². The molecule has 0 unspecified atom stereocenters. The van der Waals surface area contributed by atoms with Gasteiger partial charge in [-0.15, -0.1) is 0 Å². The lowest BCUT2D eigenvalue weighted by Gasteiger charge is -2.05. The maximum atomic E-state index is 9.11. The van der Waals surface area contributed by atoms with E-state index in [1.54, 1.807) is 18.3 Å². The average Bonchev–Trinajstić information content (AvgIpc) is 2.56. The van der Waals surface area contributed by atoms with Crippen molar-refractivity contribution in [1.82, 2.24) is 9.97 Å². The zero-order valence-electron chi connectivity index (χ0n) is 11.2. The Kier molecular flexibility index (Phi) is 3.77. The third-order valence-corrected chi connectivity index (χ3v) is 3.18. The van der Waals surface area contributed by atoms with Crippen LogP contribution < -0.4 is 5.46 Å². The van der Waals surface area contributed by atoms with Gasteiger partial charge in [0.05, 0.1) is 17.1 Å². The molecule has 21 heavy (non-hydrogen) atoms. The van der Waals surface area contributed by atoms with E-state index < -0.39 is 7.12 Å². The average molecular weight is 276 g/mol. The summed E-state index contributed by atoms with van der Waals surface area (Å²) in [6, 6.07) is 18.5. The Balaban J connectivity index is 1.96. The van der Waals surface area contributed by atoms with Crippen LogP contribution in [0.1, 0.15) is 0 Å². The first kappa shape index (κ1) is 13.5. The standard InChI is InChI=1S/C16H13BN2O2/c20-17(21)13-9-7-12(8-10-13)14-5-3-6-16(19-14)15-4-1-2-11-18-15/h1-11,20-21H. The monoisotopic (exact) mass is 276 g/mol. The predicted molar refractivity (Wildman–Crippen MR) is 82.7 cm³/mol. The van der Waals surface area contributed by atoms with Crippen LogP contribution in [0, 0.1) is 0 Å². The van der Waals surface area contributed by atoms with Gasteiger partial charge in [-0.05, 0) is 29.7 Å². The first-order valence-electron chi connectivity index (χ1n) is 6.59. The molecule has 2 aromatic heterocycles. The van der Waals surface area contributed by atoms with Crippen LogP contribution in [0.15, 0.2) is 66.9 Å². The van der Waals surface area contributed by atoms with Crippen molar-refractivity contribution in [3.63, 3.8) is 0 Å². The second-order valence-electron chi connectivity index (χ2n) is 4.62. The minimum atomic E-state index is -1.45. The molecule has 4 nitrogen and oxygen atoms in total.